The molecule has 0 saturated carbocycles. The number of hydrogen-bond donors (Lipinski definition) is 1. The van der Waals surface area contributed by atoms with Crippen molar-refractivity contribution in [1.29, 1.82) is 0 Å². The molecule has 0 aliphatic rings. The summed E-state index contributed by atoms with van der Waals surface area (Å²) in [7, 11) is 2.00. The first-order valence-electron chi connectivity index (χ1n) is 7.54. The third-order valence-electron chi connectivity index (χ3n) is 4.13. The van der Waals surface area contributed by atoms with Crippen molar-refractivity contribution in [2.24, 2.45) is 0 Å². The molecule has 0 bridgehead atoms. The first-order valence-corrected chi connectivity index (χ1v) is 7.54. The molecule has 0 amide bonds. The highest BCUT2D eigenvalue weighted by Gasteiger charge is 2.24. The van der Waals surface area contributed by atoms with Gasteiger partial charge in [-0.1, -0.05) is 55.5 Å². The van der Waals surface area contributed by atoms with E-state index in [-0.39, 0.29) is 6.04 Å². The zero-order valence-corrected chi connectivity index (χ0v) is 12.5. The summed E-state index contributed by atoms with van der Waals surface area (Å²) in [6.45, 7) is 2.23. The van der Waals surface area contributed by atoms with Gasteiger partial charge in [0.1, 0.15) is 11.3 Å². The lowest BCUT2D eigenvalue weighted by Gasteiger charge is -2.24. The third-order valence-corrected chi connectivity index (χ3v) is 4.13. The van der Waals surface area contributed by atoms with Crippen molar-refractivity contribution in [2.45, 2.75) is 25.3 Å². The molecule has 0 saturated heterocycles. The van der Waals surface area contributed by atoms with Gasteiger partial charge in [0.2, 0.25) is 0 Å². The van der Waals surface area contributed by atoms with Gasteiger partial charge in [0.25, 0.3) is 0 Å². The van der Waals surface area contributed by atoms with Crippen LogP contribution in [0.5, 0.6) is 0 Å². The second kappa shape index (κ2) is 6.15. The predicted molar refractivity (Wildman–Crippen MR) is 87.5 cm³/mol. The minimum absolute atomic E-state index is 0.185. The van der Waals surface area contributed by atoms with E-state index in [1.165, 1.54) is 5.56 Å². The summed E-state index contributed by atoms with van der Waals surface area (Å²) >= 11 is 0. The van der Waals surface area contributed by atoms with Crippen molar-refractivity contribution in [3.8, 4) is 0 Å². The molecule has 2 atom stereocenters. The van der Waals surface area contributed by atoms with Gasteiger partial charge in [0, 0.05) is 11.3 Å². The molecule has 3 rings (SSSR count). The zero-order chi connectivity index (χ0) is 14.7. The molecule has 3 aromatic rings. The maximum atomic E-state index is 6.06. The van der Waals surface area contributed by atoms with Crippen molar-refractivity contribution in [3.63, 3.8) is 0 Å². The molecule has 1 N–H and O–H groups in total. The SMILES string of the molecule is CCC(c1ccccc1)C(NC)c1cc2ccccc2o1. The largest absolute Gasteiger partial charge is 0.459 e. The average molecular weight is 279 g/mol. The van der Waals surface area contributed by atoms with E-state index < -0.39 is 0 Å². The van der Waals surface area contributed by atoms with Crippen LogP contribution in [-0.2, 0) is 0 Å². The molecule has 0 radical (unpaired) electrons. The second-order valence-electron chi connectivity index (χ2n) is 5.38. The quantitative estimate of drug-likeness (QED) is 0.719. The standard InChI is InChI=1S/C19H21NO/c1-3-16(14-9-5-4-6-10-14)19(20-2)18-13-15-11-7-8-12-17(15)21-18/h4-13,16,19-20H,3H2,1-2H3. The van der Waals surface area contributed by atoms with E-state index in [2.05, 4.69) is 54.7 Å². The molecule has 2 heteroatoms. The number of nitrogens with one attached hydrogen (secondary N) is 1. The smallest absolute Gasteiger partial charge is 0.134 e. The van der Waals surface area contributed by atoms with E-state index in [1.807, 2.05) is 25.2 Å². The van der Waals surface area contributed by atoms with Gasteiger partial charge >= 0.3 is 0 Å². The lowest BCUT2D eigenvalue weighted by atomic mass is 9.88. The number of rotatable bonds is 5. The summed E-state index contributed by atoms with van der Waals surface area (Å²) in [5.74, 6) is 1.41. The number of likely N-dealkylation sites (N-methyl/N-ethyl adjacent to an activating group) is 1. The molecule has 1 heterocycles. The fourth-order valence-corrected chi connectivity index (χ4v) is 3.06. The maximum absolute atomic E-state index is 6.06. The predicted octanol–water partition coefficient (Wildman–Crippen LogP) is 4.89. The van der Waals surface area contributed by atoms with E-state index in [9.17, 15) is 0 Å². The highest BCUT2D eigenvalue weighted by Crippen LogP contribution is 2.35. The first-order chi connectivity index (χ1) is 10.3. The fourth-order valence-electron chi connectivity index (χ4n) is 3.06. The van der Waals surface area contributed by atoms with Crippen LogP contribution in [0.25, 0.3) is 11.0 Å². The molecule has 108 valence electrons. The van der Waals surface area contributed by atoms with Crippen molar-refractivity contribution < 1.29 is 4.42 Å². The number of furan rings is 1. The minimum Gasteiger partial charge on any atom is -0.459 e. The molecule has 0 fully saturated rings. The molecule has 0 aliphatic carbocycles. The van der Waals surface area contributed by atoms with Gasteiger partial charge in [-0.15, -0.1) is 0 Å². The summed E-state index contributed by atoms with van der Waals surface area (Å²) in [6.07, 6.45) is 1.06. The number of hydrogen-bond acceptors (Lipinski definition) is 2. The van der Waals surface area contributed by atoms with Crippen LogP contribution < -0.4 is 5.32 Å². The Hall–Kier alpha value is -2.06. The van der Waals surface area contributed by atoms with Crippen LogP contribution in [0, 0.1) is 0 Å². The molecule has 2 nitrogen and oxygen atoms in total. The van der Waals surface area contributed by atoms with Gasteiger partial charge < -0.3 is 9.73 Å². The van der Waals surface area contributed by atoms with E-state index in [0.29, 0.717) is 5.92 Å². The van der Waals surface area contributed by atoms with Gasteiger partial charge in [-0.25, -0.2) is 0 Å². The zero-order valence-electron chi connectivity index (χ0n) is 12.5. The monoisotopic (exact) mass is 279 g/mol. The summed E-state index contributed by atoms with van der Waals surface area (Å²) in [5.41, 5.74) is 2.30. The Kier molecular flexibility index (Phi) is 4.07. The van der Waals surface area contributed by atoms with Gasteiger partial charge in [0.05, 0.1) is 6.04 Å². The summed E-state index contributed by atoms with van der Waals surface area (Å²) < 4.78 is 6.06. The normalized spacial score (nSPS) is 14.2. The molecular formula is C19H21NO. The molecule has 21 heavy (non-hydrogen) atoms. The molecule has 1 aromatic heterocycles. The Morgan fingerprint density at radius 3 is 2.38 bits per heavy atom. The number of fused-ring (bicyclic) bond motifs is 1. The molecule has 0 aliphatic heterocycles. The van der Waals surface area contributed by atoms with Gasteiger partial charge in [-0.2, -0.15) is 0 Å². The summed E-state index contributed by atoms with van der Waals surface area (Å²) in [4.78, 5) is 0. The highest BCUT2D eigenvalue weighted by molar-refractivity contribution is 5.77. The molecule has 2 aromatic carbocycles. The van der Waals surface area contributed by atoms with E-state index in [1.54, 1.807) is 0 Å². The Balaban J connectivity index is 1.99. The Bertz CT molecular complexity index is 669. The van der Waals surface area contributed by atoms with Crippen LogP contribution >= 0.6 is 0 Å². The van der Waals surface area contributed by atoms with Gasteiger partial charge in [-0.05, 0) is 31.2 Å². The van der Waals surface area contributed by atoms with Crippen LogP contribution in [0.3, 0.4) is 0 Å². The van der Waals surface area contributed by atoms with E-state index in [0.717, 1.165) is 23.2 Å². The summed E-state index contributed by atoms with van der Waals surface area (Å²) in [5, 5.41) is 4.60. The van der Waals surface area contributed by atoms with Crippen LogP contribution in [0.2, 0.25) is 0 Å². The van der Waals surface area contributed by atoms with Crippen molar-refractivity contribution in [3.05, 3.63) is 72.0 Å². The van der Waals surface area contributed by atoms with Crippen molar-refractivity contribution >= 4 is 11.0 Å². The Morgan fingerprint density at radius 2 is 1.71 bits per heavy atom. The second-order valence-corrected chi connectivity index (χ2v) is 5.38. The lowest BCUT2D eigenvalue weighted by molar-refractivity contribution is 0.390. The third kappa shape index (κ3) is 2.72. The van der Waals surface area contributed by atoms with Gasteiger partial charge in [-0.3, -0.25) is 0 Å². The maximum Gasteiger partial charge on any atom is 0.134 e. The lowest BCUT2D eigenvalue weighted by Crippen LogP contribution is -2.23. The van der Waals surface area contributed by atoms with Gasteiger partial charge in [0.15, 0.2) is 0 Å². The van der Waals surface area contributed by atoms with Crippen LogP contribution in [0.15, 0.2) is 65.1 Å². The van der Waals surface area contributed by atoms with Crippen LogP contribution in [0.4, 0.5) is 0 Å². The molecular weight excluding hydrogens is 258 g/mol. The van der Waals surface area contributed by atoms with E-state index >= 15 is 0 Å². The van der Waals surface area contributed by atoms with E-state index in [4.69, 9.17) is 4.42 Å². The minimum atomic E-state index is 0.185. The number of benzene rings is 2. The fraction of sp³-hybridized carbons (Fsp3) is 0.263. The van der Waals surface area contributed by atoms with Crippen molar-refractivity contribution in [2.75, 3.05) is 7.05 Å². The highest BCUT2D eigenvalue weighted by atomic mass is 16.3. The van der Waals surface area contributed by atoms with Crippen LogP contribution in [0.1, 0.15) is 36.6 Å². The average Bonchev–Trinajstić information content (AvgIpc) is 2.96. The molecule has 0 spiro atoms. The Labute approximate surface area is 125 Å². The molecule has 2 unspecified atom stereocenters. The van der Waals surface area contributed by atoms with Crippen molar-refractivity contribution in [1.82, 2.24) is 5.32 Å². The van der Waals surface area contributed by atoms with Crippen LogP contribution in [-0.4, -0.2) is 7.05 Å². The topological polar surface area (TPSA) is 25.2 Å². The number of para-hydroxylation sites is 1. The summed E-state index contributed by atoms with van der Waals surface area (Å²) in [6, 6.07) is 21.2. The Morgan fingerprint density at radius 1 is 1.00 bits per heavy atom. The first kappa shape index (κ1) is 13.9.